The molecule has 2 heterocycles. The predicted molar refractivity (Wildman–Crippen MR) is 212 cm³/mol. The number of benzene rings is 4. The van der Waals surface area contributed by atoms with E-state index in [1.165, 1.54) is 55.0 Å². The lowest BCUT2D eigenvalue weighted by atomic mass is 9.98. The van der Waals surface area contributed by atoms with Crippen molar-refractivity contribution in [3.05, 3.63) is 150 Å². The van der Waals surface area contributed by atoms with Crippen LogP contribution >= 0.6 is 21.6 Å². The maximum atomic E-state index is 2.31. The van der Waals surface area contributed by atoms with E-state index in [-0.39, 0.29) is 0 Å². The molecule has 0 aliphatic heterocycles. The zero-order valence-electron chi connectivity index (χ0n) is 28.4. The van der Waals surface area contributed by atoms with Crippen LogP contribution in [0.4, 0.5) is 5.69 Å². The predicted octanol–water partition coefficient (Wildman–Crippen LogP) is 10.2. The van der Waals surface area contributed by atoms with Gasteiger partial charge in [0.05, 0.1) is 11.5 Å². The van der Waals surface area contributed by atoms with E-state index >= 15 is 0 Å². The number of pyridine rings is 2. The minimum Gasteiger partial charge on any atom is -0.378 e. The third-order valence-electron chi connectivity index (χ3n) is 8.64. The highest BCUT2D eigenvalue weighted by Crippen LogP contribution is 2.25. The van der Waals surface area contributed by atoms with Crippen LogP contribution in [-0.4, -0.2) is 25.6 Å². The monoisotopic (exact) mass is 667 g/mol. The van der Waals surface area contributed by atoms with Crippen molar-refractivity contribution < 1.29 is 9.13 Å². The molecule has 0 saturated carbocycles. The lowest BCUT2D eigenvalue weighted by Crippen LogP contribution is -2.34. The SMILES string of the molecule is CC(C)c1ccc2cc(/C=C/c3cc[n+](CCSSCC[n+]4ccc(/C=C/c5ccc6cc(N(C)C)ccc6c5)cc4)cc3)ccc2c1. The molecule has 0 aliphatic carbocycles. The molecule has 3 nitrogen and oxygen atoms in total. The third-order valence-corrected chi connectivity index (χ3v) is 11.0. The number of rotatable bonds is 13. The minimum absolute atomic E-state index is 0.551. The van der Waals surface area contributed by atoms with Crippen LogP contribution in [0.2, 0.25) is 0 Å². The normalized spacial score (nSPS) is 11.9. The van der Waals surface area contributed by atoms with Gasteiger partial charge >= 0.3 is 0 Å². The van der Waals surface area contributed by atoms with Crippen LogP contribution < -0.4 is 14.0 Å². The van der Waals surface area contributed by atoms with Gasteiger partial charge in [-0.1, -0.05) is 108 Å². The molecule has 0 aliphatic rings. The standard InChI is InChI=1S/C43H45N3S2/c1-33(2)38-13-14-39-29-36(9-11-41(39)31-38)7-5-34-17-21-45(22-18-34)25-27-47-48-28-26-46-23-19-35(20-24-46)6-8-37-10-12-42-32-43(44(3)4)16-15-40(42)30-37/h5-24,29-33H,25-28H2,1-4H3/q+2/b7-5+. The number of nitrogens with zero attached hydrogens (tertiary/aromatic N) is 3. The molecule has 0 bridgehead atoms. The van der Waals surface area contributed by atoms with Crippen molar-refractivity contribution in [2.45, 2.75) is 32.9 Å². The molecule has 2 aromatic heterocycles. The van der Waals surface area contributed by atoms with E-state index in [0.717, 1.165) is 24.6 Å². The zero-order valence-corrected chi connectivity index (χ0v) is 30.1. The molecule has 0 unspecified atom stereocenters. The summed E-state index contributed by atoms with van der Waals surface area (Å²) in [7, 11) is 8.05. The van der Waals surface area contributed by atoms with Crippen LogP contribution in [0.5, 0.6) is 0 Å². The van der Waals surface area contributed by atoms with E-state index in [9.17, 15) is 0 Å². The highest BCUT2D eigenvalue weighted by atomic mass is 33.1. The number of hydrogen-bond donors (Lipinski definition) is 0. The molecule has 0 fully saturated rings. The maximum Gasteiger partial charge on any atom is 0.169 e. The molecular weight excluding hydrogens is 623 g/mol. The van der Waals surface area contributed by atoms with E-state index < -0.39 is 0 Å². The molecule has 0 N–H and O–H groups in total. The van der Waals surface area contributed by atoms with E-state index in [1.54, 1.807) is 0 Å². The summed E-state index contributed by atoms with van der Waals surface area (Å²) in [5.41, 5.74) is 7.49. The second-order valence-electron chi connectivity index (χ2n) is 12.8. The van der Waals surface area contributed by atoms with Crippen LogP contribution in [0, 0.1) is 0 Å². The van der Waals surface area contributed by atoms with Gasteiger partial charge in [-0.3, -0.25) is 0 Å². The van der Waals surface area contributed by atoms with E-state index in [4.69, 9.17) is 0 Å². The summed E-state index contributed by atoms with van der Waals surface area (Å²) < 4.78 is 4.54. The van der Waals surface area contributed by atoms with Crippen molar-refractivity contribution in [3.8, 4) is 0 Å². The van der Waals surface area contributed by atoms with E-state index in [0.29, 0.717) is 5.92 Å². The lowest BCUT2D eigenvalue weighted by molar-refractivity contribution is -0.692. The smallest absolute Gasteiger partial charge is 0.169 e. The molecule has 0 radical (unpaired) electrons. The molecule has 6 aromatic rings. The molecule has 242 valence electrons. The van der Waals surface area contributed by atoms with Gasteiger partial charge in [-0.15, -0.1) is 0 Å². The van der Waals surface area contributed by atoms with Crippen molar-refractivity contribution in [3.63, 3.8) is 0 Å². The van der Waals surface area contributed by atoms with Gasteiger partial charge in [0, 0.05) is 44.0 Å². The van der Waals surface area contributed by atoms with Gasteiger partial charge in [0.15, 0.2) is 37.9 Å². The summed E-state index contributed by atoms with van der Waals surface area (Å²) in [5.74, 6) is 2.72. The topological polar surface area (TPSA) is 11.0 Å². The molecule has 0 saturated heterocycles. The quantitative estimate of drug-likeness (QED) is 0.0690. The Balaban J connectivity index is 0.900. The Morgan fingerprint density at radius 3 is 1.46 bits per heavy atom. The average Bonchev–Trinajstić information content (AvgIpc) is 3.11. The number of aryl methyl sites for hydroxylation is 2. The van der Waals surface area contributed by atoms with Crippen LogP contribution in [0.15, 0.2) is 122 Å². The van der Waals surface area contributed by atoms with Crippen molar-refractivity contribution in [2.24, 2.45) is 0 Å². The summed E-state index contributed by atoms with van der Waals surface area (Å²) in [6.07, 6.45) is 17.5. The van der Waals surface area contributed by atoms with Gasteiger partial charge in [0.2, 0.25) is 0 Å². The van der Waals surface area contributed by atoms with Gasteiger partial charge < -0.3 is 4.90 Å². The Labute approximate surface area is 294 Å². The molecule has 4 aromatic carbocycles. The minimum atomic E-state index is 0.551. The van der Waals surface area contributed by atoms with E-state index in [2.05, 4.69) is 188 Å². The summed E-state index contributed by atoms with van der Waals surface area (Å²) in [6, 6.07) is 35.6. The van der Waals surface area contributed by atoms with Crippen molar-refractivity contribution in [2.75, 3.05) is 30.5 Å². The molecule has 6 rings (SSSR count). The number of anilines is 1. The average molecular weight is 668 g/mol. The highest BCUT2D eigenvalue weighted by molar-refractivity contribution is 8.76. The third kappa shape index (κ3) is 9.18. The van der Waals surface area contributed by atoms with Crippen LogP contribution in [0.1, 0.15) is 47.6 Å². The summed E-state index contributed by atoms with van der Waals surface area (Å²) in [6.45, 7) is 6.50. The van der Waals surface area contributed by atoms with Crippen LogP contribution in [-0.2, 0) is 13.1 Å². The first-order valence-corrected chi connectivity index (χ1v) is 19.2. The van der Waals surface area contributed by atoms with Crippen LogP contribution in [0.3, 0.4) is 0 Å². The number of fused-ring (bicyclic) bond motifs is 2. The number of aromatic nitrogens is 2. The Bertz CT molecular complexity index is 1880. The Morgan fingerprint density at radius 1 is 0.521 bits per heavy atom. The lowest BCUT2D eigenvalue weighted by Gasteiger charge is -2.13. The molecule has 5 heteroatoms. The summed E-state index contributed by atoms with van der Waals surface area (Å²) >= 11 is 0. The molecule has 0 atom stereocenters. The van der Waals surface area contributed by atoms with Crippen molar-refractivity contribution >= 4 is 73.1 Å². The molecule has 0 amide bonds. The molecule has 48 heavy (non-hydrogen) atoms. The summed E-state index contributed by atoms with van der Waals surface area (Å²) in [5, 5.41) is 5.13. The molecular formula is C43H45N3S2+2. The second kappa shape index (κ2) is 16.2. The highest BCUT2D eigenvalue weighted by Gasteiger charge is 2.05. The van der Waals surface area contributed by atoms with Crippen molar-refractivity contribution in [1.29, 1.82) is 0 Å². The summed E-state index contributed by atoms with van der Waals surface area (Å²) in [4.78, 5) is 2.14. The second-order valence-corrected chi connectivity index (χ2v) is 15.5. The van der Waals surface area contributed by atoms with Gasteiger partial charge in [0.25, 0.3) is 0 Å². The van der Waals surface area contributed by atoms with Crippen molar-refractivity contribution in [1.82, 2.24) is 0 Å². The molecule has 0 spiro atoms. The van der Waals surface area contributed by atoms with Gasteiger partial charge in [-0.05, 0) is 79.5 Å². The van der Waals surface area contributed by atoms with Gasteiger partial charge in [0.1, 0.15) is 0 Å². The fourth-order valence-electron chi connectivity index (χ4n) is 5.63. The largest absolute Gasteiger partial charge is 0.378 e. The maximum absolute atomic E-state index is 2.31. The zero-order chi connectivity index (χ0) is 33.3. The Morgan fingerprint density at radius 2 is 0.958 bits per heavy atom. The first-order valence-electron chi connectivity index (χ1n) is 16.7. The van der Waals surface area contributed by atoms with E-state index in [1.807, 2.05) is 21.6 Å². The van der Waals surface area contributed by atoms with Crippen LogP contribution in [0.25, 0.3) is 45.8 Å². The van der Waals surface area contributed by atoms with Gasteiger partial charge in [-0.2, -0.15) is 0 Å². The fourth-order valence-corrected chi connectivity index (χ4v) is 7.59. The number of hydrogen-bond acceptors (Lipinski definition) is 3. The first-order chi connectivity index (χ1) is 23.4. The van der Waals surface area contributed by atoms with Gasteiger partial charge in [-0.25, -0.2) is 9.13 Å². The first kappa shape index (κ1) is 33.6. The Hall–Kier alpha value is -4.32. The fraction of sp³-hybridized carbons (Fsp3) is 0.209. The Kier molecular flexibility index (Phi) is 11.3.